The van der Waals surface area contributed by atoms with Crippen molar-refractivity contribution >= 4 is 22.6 Å². The molecule has 1 fully saturated rings. The van der Waals surface area contributed by atoms with Gasteiger partial charge in [-0.05, 0) is 31.0 Å². The van der Waals surface area contributed by atoms with E-state index in [-0.39, 0.29) is 35.7 Å². The predicted molar refractivity (Wildman–Crippen MR) is 106 cm³/mol. The van der Waals surface area contributed by atoms with Gasteiger partial charge in [-0.2, -0.15) is 0 Å². The number of nitro benzene ring substituents is 1. The molecular weight excluding hydrogens is 376 g/mol. The molecule has 0 aliphatic carbocycles. The van der Waals surface area contributed by atoms with Crippen molar-refractivity contribution in [2.45, 2.75) is 18.9 Å². The topological polar surface area (TPSA) is 110 Å². The fraction of sp³-hybridized carbons (Fsp3) is 0.300. The van der Waals surface area contributed by atoms with Gasteiger partial charge in [0.05, 0.1) is 22.0 Å². The Morgan fingerprint density at radius 1 is 1.17 bits per heavy atom. The molecule has 150 valence electrons. The first-order valence-corrected chi connectivity index (χ1v) is 9.37. The number of nitrogens with zero attached hydrogens (tertiary/aromatic N) is 3. The summed E-state index contributed by atoms with van der Waals surface area (Å²) in [6, 6.07) is 13.4. The first-order valence-electron chi connectivity index (χ1n) is 9.37. The van der Waals surface area contributed by atoms with Gasteiger partial charge >= 0.3 is 5.69 Å². The standard InChI is InChI=1S/C20H20N4O5/c25-19(13-29-16-5-3-4-15(12-16)24(27)28)22-10-8-14(9-11-22)23-18-7-2-1-6-17(18)21-20(23)26/h1-7,12,14H,8-11,13H2,(H,21,26). The van der Waals surface area contributed by atoms with E-state index in [1.165, 1.54) is 18.2 Å². The van der Waals surface area contributed by atoms with Crippen LogP contribution in [0.4, 0.5) is 5.69 Å². The SMILES string of the molecule is O=C(COc1cccc([N+](=O)[O-])c1)N1CCC(n2c(=O)[nH]c3ccccc32)CC1. The van der Waals surface area contributed by atoms with Gasteiger partial charge < -0.3 is 14.6 Å². The number of fused-ring (bicyclic) bond motifs is 1. The lowest BCUT2D eigenvalue weighted by Gasteiger charge is -2.32. The van der Waals surface area contributed by atoms with Crippen LogP contribution in [0.1, 0.15) is 18.9 Å². The van der Waals surface area contributed by atoms with Gasteiger partial charge in [0, 0.05) is 25.2 Å². The van der Waals surface area contributed by atoms with Crippen LogP contribution in [0.25, 0.3) is 11.0 Å². The Balaban J connectivity index is 1.36. The highest BCUT2D eigenvalue weighted by molar-refractivity contribution is 5.78. The molecule has 1 aliphatic rings. The van der Waals surface area contributed by atoms with Crippen molar-refractivity contribution in [3.8, 4) is 5.75 Å². The van der Waals surface area contributed by atoms with E-state index >= 15 is 0 Å². The summed E-state index contributed by atoms with van der Waals surface area (Å²) in [7, 11) is 0. The largest absolute Gasteiger partial charge is 0.484 e. The highest BCUT2D eigenvalue weighted by Crippen LogP contribution is 2.25. The van der Waals surface area contributed by atoms with E-state index in [2.05, 4.69) is 4.98 Å². The number of non-ortho nitro benzene ring substituents is 1. The first kappa shape index (κ1) is 18.7. The maximum Gasteiger partial charge on any atom is 0.326 e. The molecule has 4 rings (SSSR count). The van der Waals surface area contributed by atoms with Crippen LogP contribution in [0.5, 0.6) is 5.75 Å². The third kappa shape index (κ3) is 3.84. The fourth-order valence-electron chi connectivity index (χ4n) is 3.73. The number of H-pyrrole nitrogens is 1. The molecule has 2 aromatic carbocycles. The molecule has 9 heteroatoms. The number of aromatic amines is 1. The number of aromatic nitrogens is 2. The fourth-order valence-corrected chi connectivity index (χ4v) is 3.73. The number of para-hydroxylation sites is 2. The predicted octanol–water partition coefficient (Wildman–Crippen LogP) is 2.48. The number of carbonyl (C=O) groups is 1. The molecule has 1 N–H and O–H groups in total. The molecule has 3 aromatic rings. The van der Waals surface area contributed by atoms with E-state index in [4.69, 9.17) is 4.74 Å². The van der Waals surface area contributed by atoms with Crippen LogP contribution in [0.15, 0.2) is 53.3 Å². The number of hydrogen-bond acceptors (Lipinski definition) is 5. The van der Waals surface area contributed by atoms with E-state index in [1.54, 1.807) is 15.5 Å². The van der Waals surface area contributed by atoms with Crippen molar-refractivity contribution in [1.29, 1.82) is 0 Å². The number of benzene rings is 2. The van der Waals surface area contributed by atoms with Crippen LogP contribution in [0.3, 0.4) is 0 Å². The van der Waals surface area contributed by atoms with E-state index in [0.29, 0.717) is 25.9 Å². The molecule has 1 saturated heterocycles. The Labute approximate surface area is 165 Å². The normalized spacial score (nSPS) is 14.8. The number of amides is 1. The highest BCUT2D eigenvalue weighted by atomic mass is 16.6. The molecule has 0 atom stereocenters. The number of likely N-dealkylation sites (tertiary alicyclic amines) is 1. The second-order valence-electron chi connectivity index (χ2n) is 6.97. The quantitative estimate of drug-likeness (QED) is 0.526. The summed E-state index contributed by atoms with van der Waals surface area (Å²) in [4.78, 5) is 39.7. The Bertz CT molecular complexity index is 1110. The minimum Gasteiger partial charge on any atom is -0.484 e. The molecule has 0 radical (unpaired) electrons. The summed E-state index contributed by atoms with van der Waals surface area (Å²) in [6.45, 7) is 0.861. The number of nitrogens with one attached hydrogen (secondary N) is 1. The molecular formula is C20H20N4O5. The molecule has 29 heavy (non-hydrogen) atoms. The van der Waals surface area contributed by atoms with Gasteiger partial charge in [0.25, 0.3) is 11.6 Å². The lowest BCUT2D eigenvalue weighted by molar-refractivity contribution is -0.384. The highest BCUT2D eigenvalue weighted by Gasteiger charge is 2.26. The lowest BCUT2D eigenvalue weighted by atomic mass is 10.0. The average Bonchev–Trinajstić information content (AvgIpc) is 3.08. The second kappa shape index (κ2) is 7.78. The van der Waals surface area contributed by atoms with Crippen molar-refractivity contribution in [3.63, 3.8) is 0 Å². The zero-order valence-electron chi connectivity index (χ0n) is 15.6. The molecule has 9 nitrogen and oxygen atoms in total. The van der Waals surface area contributed by atoms with Crippen molar-refractivity contribution in [1.82, 2.24) is 14.5 Å². The maximum absolute atomic E-state index is 12.5. The van der Waals surface area contributed by atoms with Gasteiger partial charge in [-0.1, -0.05) is 18.2 Å². The Hall–Kier alpha value is -3.62. The minimum atomic E-state index is -0.508. The summed E-state index contributed by atoms with van der Waals surface area (Å²) in [6.07, 6.45) is 1.34. The summed E-state index contributed by atoms with van der Waals surface area (Å²) in [5.41, 5.74) is 1.46. The second-order valence-corrected chi connectivity index (χ2v) is 6.97. The van der Waals surface area contributed by atoms with Gasteiger partial charge in [-0.3, -0.25) is 19.5 Å². The van der Waals surface area contributed by atoms with Crippen LogP contribution >= 0.6 is 0 Å². The van der Waals surface area contributed by atoms with Crippen molar-refractivity contribution in [3.05, 3.63) is 69.1 Å². The van der Waals surface area contributed by atoms with E-state index in [1.807, 2.05) is 24.3 Å². The van der Waals surface area contributed by atoms with E-state index < -0.39 is 4.92 Å². The van der Waals surface area contributed by atoms with Gasteiger partial charge in [-0.25, -0.2) is 4.79 Å². The zero-order valence-corrected chi connectivity index (χ0v) is 15.6. The molecule has 0 saturated carbocycles. The van der Waals surface area contributed by atoms with Gasteiger partial charge in [-0.15, -0.1) is 0 Å². The Kier molecular flexibility index (Phi) is 5.03. The monoisotopic (exact) mass is 396 g/mol. The Morgan fingerprint density at radius 3 is 2.69 bits per heavy atom. The van der Waals surface area contributed by atoms with Gasteiger partial charge in [0.15, 0.2) is 6.61 Å². The molecule has 0 bridgehead atoms. The number of rotatable bonds is 5. The number of piperidine rings is 1. The molecule has 0 spiro atoms. The van der Waals surface area contributed by atoms with Crippen LogP contribution in [0.2, 0.25) is 0 Å². The van der Waals surface area contributed by atoms with Crippen molar-refractivity contribution in [2.24, 2.45) is 0 Å². The third-order valence-corrected chi connectivity index (χ3v) is 5.20. The lowest BCUT2D eigenvalue weighted by Crippen LogP contribution is -2.42. The van der Waals surface area contributed by atoms with Gasteiger partial charge in [0.1, 0.15) is 5.75 Å². The first-order chi connectivity index (χ1) is 14.0. The number of ether oxygens (including phenoxy) is 1. The smallest absolute Gasteiger partial charge is 0.326 e. The molecule has 0 unspecified atom stereocenters. The summed E-state index contributed by atoms with van der Waals surface area (Å²) in [5.74, 6) is 0.106. The van der Waals surface area contributed by atoms with Crippen molar-refractivity contribution in [2.75, 3.05) is 19.7 Å². The Morgan fingerprint density at radius 2 is 1.93 bits per heavy atom. The summed E-state index contributed by atoms with van der Waals surface area (Å²) < 4.78 is 7.21. The third-order valence-electron chi connectivity index (χ3n) is 5.20. The van der Waals surface area contributed by atoms with Crippen LogP contribution in [-0.4, -0.2) is 45.0 Å². The van der Waals surface area contributed by atoms with Crippen LogP contribution < -0.4 is 10.4 Å². The summed E-state index contributed by atoms with van der Waals surface area (Å²) >= 11 is 0. The van der Waals surface area contributed by atoms with Crippen molar-refractivity contribution < 1.29 is 14.5 Å². The minimum absolute atomic E-state index is 0.0281. The van der Waals surface area contributed by atoms with Gasteiger partial charge in [0.2, 0.25) is 0 Å². The summed E-state index contributed by atoms with van der Waals surface area (Å²) in [5, 5.41) is 10.8. The van der Waals surface area contributed by atoms with Crippen LogP contribution in [-0.2, 0) is 4.79 Å². The maximum atomic E-state index is 12.5. The van der Waals surface area contributed by atoms with Crippen LogP contribution in [0, 0.1) is 10.1 Å². The zero-order chi connectivity index (χ0) is 20.4. The number of nitro groups is 1. The molecule has 1 aliphatic heterocycles. The number of imidazole rings is 1. The van der Waals surface area contributed by atoms with E-state index in [0.717, 1.165) is 11.0 Å². The molecule has 1 amide bonds. The molecule has 2 heterocycles. The average molecular weight is 396 g/mol. The number of carbonyl (C=O) groups excluding carboxylic acids is 1. The van der Waals surface area contributed by atoms with E-state index in [9.17, 15) is 19.7 Å². The molecule has 1 aromatic heterocycles. The number of hydrogen-bond donors (Lipinski definition) is 1.